The molecule has 1 aliphatic carbocycles. The van der Waals surface area contributed by atoms with Crippen molar-refractivity contribution < 1.29 is 4.57 Å². The SMILES string of the molecule is CC(C)c1ccnc(-n2c3ccccc3c3ccc(C4(c5cccc(-n6c[n+](C(C)C)c7ccccc76)c5)c5ccccc5-c5ccccc54)cc32)c1. The number of pyridine rings is 1. The van der Waals surface area contributed by atoms with E-state index in [2.05, 4.69) is 199 Å². The highest BCUT2D eigenvalue weighted by Crippen LogP contribution is 2.56. The Hall–Kier alpha value is -6.26. The molecule has 9 aromatic rings. The first-order valence-corrected chi connectivity index (χ1v) is 18.8. The van der Waals surface area contributed by atoms with Crippen molar-refractivity contribution in [3.8, 4) is 22.6 Å². The Morgan fingerprint density at radius 2 is 1.23 bits per heavy atom. The van der Waals surface area contributed by atoms with Crippen LogP contribution in [0.5, 0.6) is 0 Å². The molecule has 0 fully saturated rings. The molecule has 0 N–H and O–H groups in total. The topological polar surface area (TPSA) is 26.6 Å². The molecule has 53 heavy (non-hydrogen) atoms. The van der Waals surface area contributed by atoms with Crippen LogP contribution in [0, 0.1) is 0 Å². The highest BCUT2D eigenvalue weighted by atomic mass is 15.1. The van der Waals surface area contributed by atoms with Crippen molar-refractivity contribution in [3.63, 3.8) is 0 Å². The summed E-state index contributed by atoms with van der Waals surface area (Å²) in [6.45, 7) is 8.99. The van der Waals surface area contributed by atoms with Gasteiger partial charge in [0.2, 0.25) is 6.33 Å². The van der Waals surface area contributed by atoms with E-state index in [9.17, 15) is 0 Å². The van der Waals surface area contributed by atoms with Gasteiger partial charge in [0.1, 0.15) is 11.5 Å². The average Bonchev–Trinajstić information content (AvgIpc) is 3.85. The minimum Gasteiger partial charge on any atom is -0.294 e. The average molecular weight is 686 g/mol. The summed E-state index contributed by atoms with van der Waals surface area (Å²) < 4.78 is 7.09. The fraction of sp³-hybridized carbons (Fsp3) is 0.143. The number of nitrogens with zero attached hydrogens (tertiary/aromatic N) is 4. The number of benzene rings is 6. The van der Waals surface area contributed by atoms with Gasteiger partial charge in [0, 0.05) is 17.0 Å². The highest BCUT2D eigenvalue weighted by molar-refractivity contribution is 6.09. The predicted octanol–water partition coefficient (Wildman–Crippen LogP) is 11.5. The molecule has 0 amide bonds. The molecule has 4 nitrogen and oxygen atoms in total. The lowest BCUT2D eigenvalue weighted by Crippen LogP contribution is -2.34. The summed E-state index contributed by atoms with van der Waals surface area (Å²) in [7, 11) is 0. The van der Waals surface area contributed by atoms with Gasteiger partial charge >= 0.3 is 0 Å². The highest BCUT2D eigenvalue weighted by Gasteiger charge is 2.46. The molecule has 0 spiro atoms. The summed E-state index contributed by atoms with van der Waals surface area (Å²) in [4.78, 5) is 4.98. The van der Waals surface area contributed by atoms with Gasteiger partial charge in [-0.3, -0.25) is 4.57 Å². The van der Waals surface area contributed by atoms with E-state index in [1.807, 2.05) is 6.20 Å². The van der Waals surface area contributed by atoms with Crippen molar-refractivity contribution in [2.45, 2.75) is 45.1 Å². The van der Waals surface area contributed by atoms with Crippen LogP contribution in [0.25, 0.3) is 55.5 Å². The van der Waals surface area contributed by atoms with Crippen LogP contribution in [0.4, 0.5) is 0 Å². The first-order valence-electron chi connectivity index (χ1n) is 18.8. The Balaban J connectivity index is 1.29. The normalized spacial score (nSPS) is 13.4. The third-order valence-electron chi connectivity index (χ3n) is 11.5. The van der Waals surface area contributed by atoms with Gasteiger partial charge in [-0.1, -0.05) is 117 Å². The second kappa shape index (κ2) is 11.9. The van der Waals surface area contributed by atoms with Gasteiger partial charge in [-0.25, -0.2) is 9.55 Å². The van der Waals surface area contributed by atoms with Gasteiger partial charge < -0.3 is 0 Å². The summed E-state index contributed by atoms with van der Waals surface area (Å²) in [5.41, 5.74) is 14.2. The second-order valence-electron chi connectivity index (χ2n) is 15.1. The van der Waals surface area contributed by atoms with Crippen LogP contribution in [0.3, 0.4) is 0 Å². The first kappa shape index (κ1) is 31.5. The Kier molecular flexibility index (Phi) is 7.06. The van der Waals surface area contributed by atoms with Crippen LogP contribution < -0.4 is 4.57 Å². The molecule has 10 rings (SSSR count). The fourth-order valence-electron chi connectivity index (χ4n) is 9.03. The lowest BCUT2D eigenvalue weighted by molar-refractivity contribution is -0.691. The van der Waals surface area contributed by atoms with Crippen LogP contribution >= 0.6 is 0 Å². The van der Waals surface area contributed by atoms with E-state index in [1.54, 1.807) is 0 Å². The van der Waals surface area contributed by atoms with E-state index in [1.165, 1.54) is 60.8 Å². The zero-order valence-electron chi connectivity index (χ0n) is 30.5. The van der Waals surface area contributed by atoms with Crippen LogP contribution in [0.15, 0.2) is 164 Å². The van der Waals surface area contributed by atoms with E-state index < -0.39 is 5.41 Å². The quantitative estimate of drug-likeness (QED) is 0.160. The van der Waals surface area contributed by atoms with Crippen LogP contribution in [-0.2, 0) is 5.41 Å². The minimum atomic E-state index is -0.567. The maximum atomic E-state index is 4.98. The maximum absolute atomic E-state index is 4.98. The van der Waals surface area contributed by atoms with Crippen LogP contribution in [-0.4, -0.2) is 14.1 Å². The van der Waals surface area contributed by atoms with Crippen molar-refractivity contribution in [2.75, 3.05) is 0 Å². The largest absolute Gasteiger partial charge is 0.294 e. The van der Waals surface area contributed by atoms with E-state index in [4.69, 9.17) is 4.98 Å². The van der Waals surface area contributed by atoms with Gasteiger partial charge in [0.25, 0.3) is 0 Å². The Labute approximate surface area is 310 Å². The van der Waals surface area contributed by atoms with Gasteiger partial charge in [-0.2, -0.15) is 4.57 Å². The molecule has 0 radical (unpaired) electrons. The monoisotopic (exact) mass is 685 g/mol. The van der Waals surface area contributed by atoms with Crippen molar-refractivity contribution in [2.24, 2.45) is 0 Å². The number of fused-ring (bicyclic) bond motifs is 7. The second-order valence-corrected chi connectivity index (χ2v) is 15.1. The zero-order chi connectivity index (χ0) is 35.8. The van der Waals surface area contributed by atoms with Crippen molar-refractivity contribution in [3.05, 3.63) is 192 Å². The molecule has 0 atom stereocenters. The summed E-state index contributed by atoms with van der Waals surface area (Å²) in [5, 5.41) is 2.45. The molecule has 0 unspecified atom stereocenters. The lowest BCUT2D eigenvalue weighted by Gasteiger charge is -2.34. The Bertz CT molecular complexity index is 2820. The van der Waals surface area contributed by atoms with Crippen molar-refractivity contribution in [1.29, 1.82) is 0 Å². The number of aromatic nitrogens is 4. The third kappa shape index (κ3) is 4.55. The standard InChI is InChI=1S/C49H41N4/c1-32(2)34-26-27-50-48(28-34)53-44-21-10-7-18-40(44)41-25-24-36(30-47(41)53)49(42-19-8-5-16-38(42)39-17-6-9-20-43(39)49)35-14-13-15-37(29-35)52-31-51(33(3)4)45-22-11-12-23-46(45)52/h5-33H,1-4H3/q+1. The molecule has 0 saturated carbocycles. The Morgan fingerprint density at radius 1 is 0.566 bits per heavy atom. The molecule has 4 heteroatoms. The van der Waals surface area contributed by atoms with Gasteiger partial charge in [-0.05, 0) is 107 Å². The van der Waals surface area contributed by atoms with Gasteiger partial charge in [0.15, 0.2) is 11.0 Å². The zero-order valence-corrected chi connectivity index (χ0v) is 30.5. The molecular weight excluding hydrogens is 645 g/mol. The third-order valence-corrected chi connectivity index (χ3v) is 11.5. The van der Waals surface area contributed by atoms with Crippen LogP contribution in [0.2, 0.25) is 0 Å². The summed E-state index contributed by atoms with van der Waals surface area (Å²) in [6, 6.07) is 56.6. The number of imidazole rings is 1. The number of rotatable bonds is 6. The summed E-state index contributed by atoms with van der Waals surface area (Å²) in [6.07, 6.45) is 4.22. The predicted molar refractivity (Wildman–Crippen MR) is 217 cm³/mol. The lowest BCUT2D eigenvalue weighted by atomic mass is 9.67. The Morgan fingerprint density at radius 3 is 1.98 bits per heavy atom. The molecule has 3 aromatic heterocycles. The van der Waals surface area contributed by atoms with E-state index in [0.29, 0.717) is 12.0 Å². The van der Waals surface area contributed by atoms with E-state index in [-0.39, 0.29) is 0 Å². The molecule has 0 saturated heterocycles. The van der Waals surface area contributed by atoms with Crippen molar-refractivity contribution in [1.82, 2.24) is 14.1 Å². The molecule has 6 aromatic carbocycles. The minimum absolute atomic E-state index is 0.332. The van der Waals surface area contributed by atoms with Gasteiger partial charge in [0.05, 0.1) is 22.5 Å². The van der Waals surface area contributed by atoms with Gasteiger partial charge in [-0.15, -0.1) is 0 Å². The molecule has 0 bridgehead atoms. The number of hydrogen-bond acceptors (Lipinski definition) is 1. The molecule has 3 heterocycles. The summed E-state index contributed by atoms with van der Waals surface area (Å²) >= 11 is 0. The fourth-order valence-corrected chi connectivity index (χ4v) is 9.03. The smallest absolute Gasteiger partial charge is 0.250 e. The maximum Gasteiger partial charge on any atom is 0.250 e. The van der Waals surface area contributed by atoms with Crippen LogP contribution in [0.1, 0.15) is 67.5 Å². The van der Waals surface area contributed by atoms with Crippen molar-refractivity contribution >= 4 is 32.8 Å². The number of para-hydroxylation sites is 3. The van der Waals surface area contributed by atoms with E-state index in [0.717, 1.165) is 22.5 Å². The molecular formula is C49H41N4+. The van der Waals surface area contributed by atoms with E-state index >= 15 is 0 Å². The molecule has 1 aliphatic rings. The molecule has 0 aliphatic heterocycles. The molecule has 256 valence electrons. The first-order chi connectivity index (χ1) is 25.9. The number of hydrogen-bond donors (Lipinski definition) is 0. The summed E-state index contributed by atoms with van der Waals surface area (Å²) in [5.74, 6) is 1.34.